The van der Waals surface area contributed by atoms with Crippen LogP contribution in [0.1, 0.15) is 63.9 Å². The summed E-state index contributed by atoms with van der Waals surface area (Å²) in [5.74, 6) is 4.45. The fraction of sp³-hybridized carbons (Fsp3) is 0.750. The van der Waals surface area contributed by atoms with Crippen molar-refractivity contribution in [2.24, 2.45) is 11.8 Å². The van der Waals surface area contributed by atoms with E-state index in [1.165, 1.54) is 34.9 Å². The van der Waals surface area contributed by atoms with Gasteiger partial charge in [-0.3, -0.25) is 0 Å². The molecule has 3 atom stereocenters. The normalized spacial score (nSPS) is 28.9. The highest BCUT2D eigenvalue weighted by Crippen LogP contribution is 2.52. The van der Waals surface area contributed by atoms with Crippen LogP contribution in [-0.2, 0) is 5.41 Å². The fourth-order valence-corrected chi connectivity index (χ4v) is 5.17. The molecule has 20 heavy (non-hydrogen) atoms. The first-order valence-corrected chi connectivity index (χ1v) is 8.73. The highest BCUT2D eigenvalue weighted by atomic mass is 127. The van der Waals surface area contributed by atoms with Crippen LogP contribution in [0.2, 0.25) is 0 Å². The van der Waals surface area contributed by atoms with Gasteiger partial charge in [-0.25, -0.2) is 9.97 Å². The molecule has 2 bridgehead atoms. The van der Waals surface area contributed by atoms with Gasteiger partial charge < -0.3 is 5.32 Å². The molecule has 0 amide bonds. The first kappa shape index (κ1) is 14.5. The molecule has 0 radical (unpaired) electrons. The van der Waals surface area contributed by atoms with Crippen molar-refractivity contribution in [1.29, 1.82) is 0 Å². The van der Waals surface area contributed by atoms with Gasteiger partial charge in [0.15, 0.2) is 0 Å². The Kier molecular flexibility index (Phi) is 3.72. The van der Waals surface area contributed by atoms with Crippen LogP contribution in [0.25, 0.3) is 0 Å². The maximum Gasteiger partial charge on any atom is 0.143 e. The highest BCUT2D eigenvalue weighted by molar-refractivity contribution is 14.1. The van der Waals surface area contributed by atoms with Gasteiger partial charge >= 0.3 is 0 Å². The van der Waals surface area contributed by atoms with Crippen LogP contribution in [0, 0.1) is 15.4 Å². The van der Waals surface area contributed by atoms with Crippen molar-refractivity contribution in [3.63, 3.8) is 0 Å². The molecule has 2 fully saturated rings. The number of rotatable bonds is 2. The lowest BCUT2D eigenvalue weighted by atomic mass is 9.87. The topological polar surface area (TPSA) is 37.8 Å². The monoisotopic (exact) mass is 385 g/mol. The Morgan fingerprint density at radius 1 is 1.15 bits per heavy atom. The molecule has 2 saturated carbocycles. The van der Waals surface area contributed by atoms with Gasteiger partial charge in [0.05, 0.1) is 9.26 Å². The molecule has 1 aromatic rings. The number of aromatic nitrogens is 2. The quantitative estimate of drug-likeness (QED) is 0.771. The van der Waals surface area contributed by atoms with E-state index < -0.39 is 0 Å². The van der Waals surface area contributed by atoms with Crippen LogP contribution >= 0.6 is 22.6 Å². The summed E-state index contributed by atoms with van der Waals surface area (Å²) in [5, 5.41) is 3.26. The average molecular weight is 385 g/mol. The minimum absolute atomic E-state index is 0.0669. The molecular weight excluding hydrogens is 361 g/mol. The molecule has 0 saturated heterocycles. The van der Waals surface area contributed by atoms with E-state index in [1.54, 1.807) is 0 Å². The van der Waals surface area contributed by atoms with Crippen LogP contribution in [0.15, 0.2) is 0 Å². The first-order chi connectivity index (χ1) is 9.40. The number of nitrogens with one attached hydrogen (secondary N) is 1. The van der Waals surface area contributed by atoms with E-state index in [2.05, 4.69) is 48.7 Å². The van der Waals surface area contributed by atoms with E-state index in [1.807, 2.05) is 7.05 Å². The Morgan fingerprint density at radius 3 is 2.40 bits per heavy atom. The van der Waals surface area contributed by atoms with Crippen molar-refractivity contribution in [2.75, 3.05) is 12.4 Å². The van der Waals surface area contributed by atoms with Crippen molar-refractivity contribution in [1.82, 2.24) is 9.97 Å². The van der Waals surface area contributed by atoms with Crippen LogP contribution < -0.4 is 5.32 Å². The first-order valence-electron chi connectivity index (χ1n) is 7.65. The van der Waals surface area contributed by atoms with Gasteiger partial charge in [-0.05, 0) is 53.7 Å². The second-order valence-electron chi connectivity index (χ2n) is 7.37. The van der Waals surface area contributed by atoms with E-state index >= 15 is 0 Å². The average Bonchev–Trinajstić information content (AvgIpc) is 3.00. The number of hydrogen-bond donors (Lipinski definition) is 1. The molecule has 2 aliphatic rings. The van der Waals surface area contributed by atoms with E-state index in [-0.39, 0.29) is 5.41 Å². The summed E-state index contributed by atoms with van der Waals surface area (Å²) < 4.78 is 1.17. The number of fused-ring (bicyclic) bond motifs is 2. The summed E-state index contributed by atoms with van der Waals surface area (Å²) in [6.07, 6.45) is 5.51. The number of nitrogens with zero attached hydrogens (tertiary/aromatic N) is 2. The molecule has 3 rings (SSSR count). The lowest BCUT2D eigenvalue weighted by Crippen LogP contribution is -2.22. The van der Waals surface area contributed by atoms with Gasteiger partial charge in [0, 0.05) is 18.4 Å². The standard InChI is InChI=1S/C16H24IN3/c1-16(2,3)13-12(17)15(18-4)20-14(19-13)11-8-9-5-6-10(11)7-9/h9-11H,5-8H2,1-4H3,(H,18,19,20). The van der Waals surface area contributed by atoms with Crippen LogP contribution in [-0.4, -0.2) is 17.0 Å². The molecule has 1 heterocycles. The van der Waals surface area contributed by atoms with E-state index in [0.29, 0.717) is 5.92 Å². The van der Waals surface area contributed by atoms with E-state index in [4.69, 9.17) is 9.97 Å². The SMILES string of the molecule is CNc1nc(C2CC3CCC2C3)nc(C(C)(C)C)c1I. The van der Waals surface area contributed by atoms with E-state index in [0.717, 1.165) is 23.5 Å². The van der Waals surface area contributed by atoms with Gasteiger partial charge in [-0.1, -0.05) is 27.2 Å². The summed E-state index contributed by atoms with van der Waals surface area (Å²) in [5.41, 5.74) is 1.26. The zero-order valence-electron chi connectivity index (χ0n) is 12.8. The Balaban J connectivity index is 2.03. The smallest absolute Gasteiger partial charge is 0.143 e. The summed E-state index contributed by atoms with van der Waals surface area (Å²) in [4.78, 5) is 9.83. The molecule has 4 heteroatoms. The van der Waals surface area contributed by atoms with Gasteiger partial charge in [0.2, 0.25) is 0 Å². The number of anilines is 1. The molecule has 110 valence electrons. The molecule has 1 N–H and O–H groups in total. The Bertz CT molecular complexity index is 521. The molecular formula is C16H24IN3. The molecule has 0 aliphatic heterocycles. The largest absolute Gasteiger partial charge is 0.372 e. The minimum Gasteiger partial charge on any atom is -0.372 e. The molecule has 0 spiro atoms. The Hall–Kier alpha value is -0.390. The van der Waals surface area contributed by atoms with Crippen molar-refractivity contribution < 1.29 is 0 Å². The molecule has 3 unspecified atom stereocenters. The molecule has 3 nitrogen and oxygen atoms in total. The maximum absolute atomic E-state index is 4.99. The second kappa shape index (κ2) is 5.11. The molecule has 0 aromatic carbocycles. The van der Waals surface area contributed by atoms with Gasteiger partial charge in [-0.2, -0.15) is 0 Å². The van der Waals surface area contributed by atoms with Crippen molar-refractivity contribution in [3.05, 3.63) is 15.1 Å². The van der Waals surface area contributed by atoms with Crippen LogP contribution in [0.3, 0.4) is 0 Å². The highest BCUT2D eigenvalue weighted by Gasteiger charge is 2.42. The number of hydrogen-bond acceptors (Lipinski definition) is 3. The third kappa shape index (κ3) is 2.44. The minimum atomic E-state index is 0.0669. The van der Waals surface area contributed by atoms with Gasteiger partial charge in [0.1, 0.15) is 11.6 Å². The summed E-state index contributed by atoms with van der Waals surface area (Å²) in [6, 6.07) is 0. The zero-order valence-corrected chi connectivity index (χ0v) is 15.0. The molecule has 1 aromatic heterocycles. The fourth-order valence-electron chi connectivity index (χ4n) is 3.85. The Morgan fingerprint density at radius 2 is 1.90 bits per heavy atom. The summed E-state index contributed by atoms with van der Waals surface area (Å²) in [7, 11) is 1.96. The predicted molar refractivity (Wildman–Crippen MR) is 91.2 cm³/mol. The molecule has 2 aliphatic carbocycles. The second-order valence-corrected chi connectivity index (χ2v) is 8.45. The lowest BCUT2D eigenvalue weighted by Gasteiger charge is -2.25. The van der Waals surface area contributed by atoms with Gasteiger partial charge in [-0.15, -0.1) is 0 Å². The van der Waals surface area contributed by atoms with E-state index in [9.17, 15) is 0 Å². The maximum atomic E-state index is 4.99. The third-order valence-electron chi connectivity index (χ3n) is 4.89. The van der Waals surface area contributed by atoms with Gasteiger partial charge in [0.25, 0.3) is 0 Å². The third-order valence-corrected chi connectivity index (χ3v) is 5.91. The summed E-state index contributed by atoms with van der Waals surface area (Å²) >= 11 is 2.38. The summed E-state index contributed by atoms with van der Waals surface area (Å²) in [6.45, 7) is 6.71. The predicted octanol–water partition coefficient (Wildman–Crippen LogP) is 4.32. The van der Waals surface area contributed by atoms with Crippen molar-refractivity contribution in [3.8, 4) is 0 Å². The Labute approximate surface area is 135 Å². The van der Waals surface area contributed by atoms with Crippen LogP contribution in [0.5, 0.6) is 0 Å². The van der Waals surface area contributed by atoms with Crippen molar-refractivity contribution in [2.45, 2.75) is 57.8 Å². The number of halogens is 1. The lowest BCUT2D eigenvalue weighted by molar-refractivity contribution is 0.402. The van der Waals surface area contributed by atoms with Crippen LogP contribution in [0.4, 0.5) is 5.82 Å². The van der Waals surface area contributed by atoms with Crippen molar-refractivity contribution >= 4 is 28.4 Å². The zero-order chi connectivity index (χ0) is 14.5.